The Morgan fingerprint density at radius 2 is 1.58 bits per heavy atom. The molecular weight excluding hydrogens is 353 g/mol. The zero-order valence-electron chi connectivity index (χ0n) is 14.3. The van der Waals surface area contributed by atoms with E-state index in [1.165, 1.54) is 25.3 Å². The SMILES string of the molecule is Fc1ccc2c(sc3c(F)c(C4=CCC(CC5CC5)CC4)ccc32)c1F. The van der Waals surface area contributed by atoms with E-state index in [2.05, 4.69) is 6.08 Å². The van der Waals surface area contributed by atoms with Crippen molar-refractivity contribution < 1.29 is 13.2 Å². The van der Waals surface area contributed by atoms with Crippen molar-refractivity contribution in [3.8, 4) is 0 Å². The molecule has 1 aromatic heterocycles. The third-order valence-electron chi connectivity index (χ3n) is 5.87. The minimum absolute atomic E-state index is 0.193. The van der Waals surface area contributed by atoms with Gasteiger partial charge in [0.1, 0.15) is 5.82 Å². The van der Waals surface area contributed by atoms with Crippen LogP contribution in [-0.4, -0.2) is 0 Å². The zero-order chi connectivity index (χ0) is 17.8. The molecule has 2 aliphatic carbocycles. The van der Waals surface area contributed by atoms with E-state index >= 15 is 4.39 Å². The first-order valence-electron chi connectivity index (χ1n) is 9.30. The lowest BCUT2D eigenvalue weighted by Crippen LogP contribution is -2.07. The molecule has 1 atom stereocenters. The van der Waals surface area contributed by atoms with Gasteiger partial charge in [-0.3, -0.25) is 0 Å². The van der Waals surface area contributed by atoms with E-state index in [1.807, 2.05) is 6.07 Å². The molecule has 3 aromatic rings. The average molecular weight is 372 g/mol. The number of hydrogen-bond donors (Lipinski definition) is 0. The summed E-state index contributed by atoms with van der Waals surface area (Å²) in [7, 11) is 0. The molecular formula is C22H19F3S. The topological polar surface area (TPSA) is 0 Å². The number of hydrogen-bond acceptors (Lipinski definition) is 1. The van der Waals surface area contributed by atoms with Crippen LogP contribution in [0.15, 0.2) is 30.3 Å². The summed E-state index contributed by atoms with van der Waals surface area (Å²) >= 11 is 1.01. The number of halogens is 3. The molecule has 2 aromatic carbocycles. The molecule has 5 rings (SSSR count). The average Bonchev–Trinajstić information content (AvgIpc) is 3.37. The van der Waals surface area contributed by atoms with E-state index in [1.54, 1.807) is 6.07 Å². The van der Waals surface area contributed by atoms with Crippen molar-refractivity contribution in [2.75, 3.05) is 0 Å². The van der Waals surface area contributed by atoms with Gasteiger partial charge in [-0.2, -0.15) is 0 Å². The van der Waals surface area contributed by atoms with Crippen molar-refractivity contribution in [1.29, 1.82) is 0 Å². The smallest absolute Gasteiger partial charge is 0.176 e. The third kappa shape index (κ3) is 2.66. The summed E-state index contributed by atoms with van der Waals surface area (Å²) in [6.45, 7) is 0. The minimum Gasteiger partial charge on any atom is -0.205 e. The van der Waals surface area contributed by atoms with E-state index in [9.17, 15) is 8.78 Å². The highest BCUT2D eigenvalue weighted by atomic mass is 32.1. The number of fused-ring (bicyclic) bond motifs is 3. The molecule has 1 fully saturated rings. The van der Waals surface area contributed by atoms with Crippen LogP contribution in [0.4, 0.5) is 13.2 Å². The Morgan fingerprint density at radius 3 is 2.27 bits per heavy atom. The lowest BCUT2D eigenvalue weighted by Gasteiger charge is -2.22. The summed E-state index contributed by atoms with van der Waals surface area (Å²) < 4.78 is 43.4. The van der Waals surface area contributed by atoms with Crippen LogP contribution in [-0.2, 0) is 0 Å². The Hall–Kier alpha value is -1.81. The van der Waals surface area contributed by atoms with Crippen molar-refractivity contribution in [3.63, 3.8) is 0 Å². The summed E-state index contributed by atoms with van der Waals surface area (Å²) in [5, 5.41) is 1.24. The maximum atomic E-state index is 15.2. The monoisotopic (exact) mass is 372 g/mol. The normalized spacial score (nSPS) is 20.7. The Labute approximate surface area is 154 Å². The quantitative estimate of drug-likeness (QED) is 0.448. The van der Waals surface area contributed by atoms with Gasteiger partial charge in [0.05, 0.1) is 9.40 Å². The third-order valence-corrected chi connectivity index (χ3v) is 7.08. The van der Waals surface area contributed by atoms with Crippen molar-refractivity contribution in [1.82, 2.24) is 0 Å². The van der Waals surface area contributed by atoms with Crippen molar-refractivity contribution in [2.24, 2.45) is 11.8 Å². The van der Waals surface area contributed by atoms with Crippen LogP contribution in [0.1, 0.15) is 44.1 Å². The molecule has 1 saturated carbocycles. The molecule has 2 aliphatic rings. The first-order chi connectivity index (χ1) is 12.6. The molecule has 0 aliphatic heterocycles. The Morgan fingerprint density at radius 1 is 0.846 bits per heavy atom. The van der Waals surface area contributed by atoms with Gasteiger partial charge in [0.25, 0.3) is 0 Å². The van der Waals surface area contributed by atoms with Gasteiger partial charge in [-0.1, -0.05) is 31.1 Å². The molecule has 26 heavy (non-hydrogen) atoms. The second-order valence-electron chi connectivity index (χ2n) is 7.69. The van der Waals surface area contributed by atoms with Crippen molar-refractivity contribution in [2.45, 2.75) is 38.5 Å². The van der Waals surface area contributed by atoms with Gasteiger partial charge < -0.3 is 0 Å². The van der Waals surface area contributed by atoms with E-state index in [4.69, 9.17) is 0 Å². The van der Waals surface area contributed by atoms with E-state index in [0.717, 1.165) is 54.1 Å². The summed E-state index contributed by atoms with van der Waals surface area (Å²) in [5.74, 6) is -0.405. The number of thiophene rings is 1. The van der Waals surface area contributed by atoms with Gasteiger partial charge in [0.2, 0.25) is 0 Å². The first-order valence-corrected chi connectivity index (χ1v) is 10.1. The largest absolute Gasteiger partial charge is 0.205 e. The van der Waals surface area contributed by atoms with E-state index < -0.39 is 11.6 Å². The molecule has 1 unspecified atom stereocenters. The molecule has 0 spiro atoms. The lowest BCUT2D eigenvalue weighted by atomic mass is 9.83. The molecule has 0 N–H and O–H groups in total. The highest BCUT2D eigenvalue weighted by molar-refractivity contribution is 7.25. The Kier molecular flexibility index (Phi) is 3.85. The molecule has 0 radical (unpaired) electrons. The predicted molar refractivity (Wildman–Crippen MR) is 102 cm³/mol. The Balaban J connectivity index is 1.54. The standard InChI is InChI=1S/C22H19F3S/c23-18-10-9-17-16-8-7-15(19(24)21(16)26-22(17)20(18)25)14-5-3-13(4-6-14)11-12-1-2-12/h5,7-10,12-13H,1-4,6,11H2. The first kappa shape index (κ1) is 16.4. The van der Waals surface area contributed by atoms with Crippen LogP contribution in [0.3, 0.4) is 0 Å². The molecule has 4 heteroatoms. The van der Waals surface area contributed by atoms with Gasteiger partial charge >= 0.3 is 0 Å². The summed E-state index contributed by atoms with van der Waals surface area (Å²) in [5.41, 5.74) is 1.68. The van der Waals surface area contributed by atoms with Crippen molar-refractivity contribution >= 4 is 37.1 Å². The van der Waals surface area contributed by atoms with Gasteiger partial charge in [-0.15, -0.1) is 11.3 Å². The van der Waals surface area contributed by atoms with Crippen LogP contribution in [0, 0.1) is 29.3 Å². The van der Waals surface area contributed by atoms with Crippen LogP contribution in [0.25, 0.3) is 25.7 Å². The Bertz CT molecular complexity index is 1040. The zero-order valence-corrected chi connectivity index (χ0v) is 15.1. The maximum absolute atomic E-state index is 15.2. The van der Waals surface area contributed by atoms with Gasteiger partial charge in [-0.05, 0) is 55.2 Å². The summed E-state index contributed by atoms with van der Waals surface area (Å²) in [6, 6.07) is 6.30. The molecule has 134 valence electrons. The van der Waals surface area contributed by atoms with Crippen LogP contribution in [0.5, 0.6) is 0 Å². The fourth-order valence-corrected chi connectivity index (χ4v) is 5.40. The van der Waals surface area contributed by atoms with E-state index in [-0.39, 0.29) is 10.5 Å². The lowest BCUT2D eigenvalue weighted by molar-refractivity contribution is 0.424. The van der Waals surface area contributed by atoms with Gasteiger partial charge in [-0.25, -0.2) is 13.2 Å². The van der Waals surface area contributed by atoms with E-state index in [0.29, 0.717) is 21.0 Å². The minimum atomic E-state index is -0.888. The second-order valence-corrected chi connectivity index (χ2v) is 8.71. The second kappa shape index (κ2) is 6.12. The molecule has 0 nitrogen and oxygen atoms in total. The molecule has 0 bridgehead atoms. The molecule has 0 saturated heterocycles. The molecule has 1 heterocycles. The van der Waals surface area contributed by atoms with Gasteiger partial charge in [0.15, 0.2) is 11.6 Å². The fourth-order valence-electron chi connectivity index (χ4n) is 4.23. The van der Waals surface area contributed by atoms with Crippen molar-refractivity contribution in [3.05, 3.63) is 53.4 Å². The maximum Gasteiger partial charge on any atom is 0.176 e. The number of benzene rings is 2. The molecule has 0 amide bonds. The van der Waals surface area contributed by atoms with Crippen LogP contribution in [0.2, 0.25) is 0 Å². The number of allylic oxidation sites excluding steroid dienone is 2. The van der Waals surface area contributed by atoms with Crippen LogP contribution < -0.4 is 0 Å². The number of rotatable bonds is 3. The summed E-state index contributed by atoms with van der Waals surface area (Å²) in [6.07, 6.45) is 9.29. The van der Waals surface area contributed by atoms with Gasteiger partial charge in [0, 0.05) is 16.3 Å². The van der Waals surface area contributed by atoms with Crippen LogP contribution >= 0.6 is 11.3 Å². The summed E-state index contributed by atoms with van der Waals surface area (Å²) in [4.78, 5) is 0. The predicted octanol–water partition coefficient (Wildman–Crippen LogP) is 7.46. The fraction of sp³-hybridized carbons (Fsp3) is 0.364. The highest BCUT2D eigenvalue weighted by Crippen LogP contribution is 2.43. The highest BCUT2D eigenvalue weighted by Gasteiger charge is 2.27.